The SMILES string of the molecule is Cc1ccc(-c2nnc(SCC(=O)Nc3cc([N+](=O)[O-])ccc3C)n2N)cc1. The van der Waals surface area contributed by atoms with Crippen molar-refractivity contribution in [3.8, 4) is 11.4 Å². The molecule has 0 radical (unpaired) electrons. The molecule has 0 saturated heterocycles. The van der Waals surface area contributed by atoms with E-state index in [2.05, 4.69) is 15.5 Å². The van der Waals surface area contributed by atoms with Gasteiger partial charge in [0, 0.05) is 17.7 Å². The van der Waals surface area contributed by atoms with Crippen LogP contribution in [0.3, 0.4) is 0 Å². The standard InChI is InChI=1S/C18H18N6O3S/c1-11-3-6-13(7-4-11)17-21-22-18(23(17)19)28-10-16(25)20-15-9-14(24(26)27)8-5-12(15)2/h3-9H,10,19H2,1-2H3,(H,20,25). The highest BCUT2D eigenvalue weighted by molar-refractivity contribution is 7.99. The van der Waals surface area contributed by atoms with Gasteiger partial charge in [0.2, 0.25) is 11.1 Å². The quantitative estimate of drug-likeness (QED) is 0.283. The fourth-order valence-corrected chi connectivity index (χ4v) is 3.11. The van der Waals surface area contributed by atoms with Crippen LogP contribution in [-0.4, -0.2) is 31.5 Å². The third-order valence-corrected chi connectivity index (χ3v) is 4.96. The van der Waals surface area contributed by atoms with Crippen LogP contribution < -0.4 is 11.2 Å². The van der Waals surface area contributed by atoms with Crippen molar-refractivity contribution in [3.05, 3.63) is 63.7 Å². The molecule has 10 heteroatoms. The maximum absolute atomic E-state index is 12.2. The van der Waals surface area contributed by atoms with Crippen molar-refractivity contribution in [1.82, 2.24) is 14.9 Å². The first-order chi connectivity index (χ1) is 13.3. The molecule has 28 heavy (non-hydrogen) atoms. The van der Waals surface area contributed by atoms with Crippen LogP contribution in [0, 0.1) is 24.0 Å². The molecule has 3 aromatic rings. The number of amides is 1. The molecule has 9 nitrogen and oxygen atoms in total. The molecular formula is C18H18N6O3S. The van der Waals surface area contributed by atoms with Crippen molar-refractivity contribution >= 4 is 29.0 Å². The van der Waals surface area contributed by atoms with Gasteiger partial charge < -0.3 is 11.2 Å². The summed E-state index contributed by atoms with van der Waals surface area (Å²) < 4.78 is 1.33. The molecule has 2 aromatic carbocycles. The summed E-state index contributed by atoms with van der Waals surface area (Å²) >= 11 is 1.13. The molecule has 0 bridgehead atoms. The maximum atomic E-state index is 12.2. The van der Waals surface area contributed by atoms with Gasteiger partial charge in [0.25, 0.3) is 5.69 Å². The highest BCUT2D eigenvalue weighted by atomic mass is 32.2. The second-order valence-corrected chi connectivity index (χ2v) is 7.08. The Morgan fingerprint density at radius 2 is 1.93 bits per heavy atom. The largest absolute Gasteiger partial charge is 0.335 e. The number of hydrogen-bond acceptors (Lipinski definition) is 7. The number of benzene rings is 2. The molecule has 144 valence electrons. The Balaban J connectivity index is 1.66. The fourth-order valence-electron chi connectivity index (χ4n) is 2.45. The number of thioether (sulfide) groups is 1. The number of nitrogens with two attached hydrogens (primary N) is 1. The second-order valence-electron chi connectivity index (χ2n) is 6.14. The van der Waals surface area contributed by atoms with E-state index in [1.54, 1.807) is 13.0 Å². The number of nitro benzene ring substituents is 1. The van der Waals surface area contributed by atoms with E-state index in [0.29, 0.717) is 16.7 Å². The summed E-state index contributed by atoms with van der Waals surface area (Å²) in [6.45, 7) is 3.75. The lowest BCUT2D eigenvalue weighted by Crippen LogP contribution is -2.17. The number of carbonyl (C=O) groups excluding carboxylic acids is 1. The predicted molar refractivity (Wildman–Crippen MR) is 108 cm³/mol. The molecule has 0 aliphatic carbocycles. The van der Waals surface area contributed by atoms with Gasteiger partial charge in [-0.1, -0.05) is 47.7 Å². The zero-order valence-corrected chi connectivity index (χ0v) is 16.1. The average molecular weight is 398 g/mol. The lowest BCUT2D eigenvalue weighted by Gasteiger charge is -2.08. The Morgan fingerprint density at radius 3 is 2.61 bits per heavy atom. The molecule has 0 spiro atoms. The van der Waals surface area contributed by atoms with Gasteiger partial charge in [-0.2, -0.15) is 0 Å². The van der Waals surface area contributed by atoms with Crippen LogP contribution in [0.4, 0.5) is 11.4 Å². The number of non-ortho nitro benzene ring substituents is 1. The maximum Gasteiger partial charge on any atom is 0.271 e. The number of hydrogen-bond donors (Lipinski definition) is 2. The van der Waals surface area contributed by atoms with Crippen molar-refractivity contribution in [2.45, 2.75) is 19.0 Å². The monoisotopic (exact) mass is 398 g/mol. The number of nitrogens with one attached hydrogen (secondary N) is 1. The molecule has 3 rings (SSSR count). The number of aryl methyl sites for hydroxylation is 2. The molecule has 0 aliphatic rings. The van der Waals surface area contributed by atoms with Gasteiger partial charge in [-0.3, -0.25) is 14.9 Å². The number of rotatable bonds is 6. The van der Waals surface area contributed by atoms with Crippen molar-refractivity contribution < 1.29 is 9.72 Å². The van der Waals surface area contributed by atoms with E-state index in [1.165, 1.54) is 16.8 Å². The van der Waals surface area contributed by atoms with Crippen LogP contribution in [-0.2, 0) is 4.79 Å². The molecule has 0 saturated carbocycles. The molecule has 1 amide bonds. The summed E-state index contributed by atoms with van der Waals surface area (Å²) in [5, 5.41) is 22.1. The van der Waals surface area contributed by atoms with Gasteiger partial charge in [0.1, 0.15) is 0 Å². The summed E-state index contributed by atoms with van der Waals surface area (Å²) in [6, 6.07) is 12.0. The van der Waals surface area contributed by atoms with E-state index in [1.807, 2.05) is 31.2 Å². The fraction of sp³-hybridized carbons (Fsp3) is 0.167. The first kappa shape index (κ1) is 19.4. The van der Waals surface area contributed by atoms with E-state index < -0.39 is 4.92 Å². The smallest absolute Gasteiger partial charge is 0.271 e. The van der Waals surface area contributed by atoms with Crippen LogP contribution in [0.2, 0.25) is 0 Å². The zero-order chi connectivity index (χ0) is 20.3. The minimum absolute atomic E-state index is 0.0331. The highest BCUT2D eigenvalue weighted by Crippen LogP contribution is 2.24. The Labute approximate surface area is 165 Å². The van der Waals surface area contributed by atoms with Gasteiger partial charge in [0.05, 0.1) is 16.4 Å². The topological polar surface area (TPSA) is 129 Å². The molecule has 1 aromatic heterocycles. The summed E-state index contributed by atoms with van der Waals surface area (Å²) in [7, 11) is 0. The normalized spacial score (nSPS) is 10.6. The molecule has 3 N–H and O–H groups in total. The van der Waals surface area contributed by atoms with Crippen molar-refractivity contribution in [2.24, 2.45) is 0 Å². The summed E-state index contributed by atoms with van der Waals surface area (Å²) in [6.07, 6.45) is 0. The van der Waals surface area contributed by atoms with Crippen LogP contribution >= 0.6 is 11.8 Å². The number of carbonyl (C=O) groups is 1. The number of nitro groups is 1. The molecule has 0 atom stereocenters. The van der Waals surface area contributed by atoms with Crippen molar-refractivity contribution in [1.29, 1.82) is 0 Å². The molecule has 1 heterocycles. The lowest BCUT2D eigenvalue weighted by molar-refractivity contribution is -0.384. The number of nitrogens with zero attached hydrogens (tertiary/aromatic N) is 4. The van der Waals surface area contributed by atoms with Gasteiger partial charge in [-0.05, 0) is 19.4 Å². The minimum Gasteiger partial charge on any atom is -0.335 e. The molecular weight excluding hydrogens is 380 g/mol. The van der Waals surface area contributed by atoms with E-state index in [9.17, 15) is 14.9 Å². The van der Waals surface area contributed by atoms with E-state index >= 15 is 0 Å². The van der Waals surface area contributed by atoms with Crippen LogP contribution in [0.5, 0.6) is 0 Å². The van der Waals surface area contributed by atoms with Gasteiger partial charge in [-0.15, -0.1) is 10.2 Å². The Hall–Kier alpha value is -3.40. The number of aromatic nitrogens is 3. The third-order valence-electron chi connectivity index (χ3n) is 4.01. The third kappa shape index (κ3) is 4.29. The molecule has 0 aliphatic heterocycles. The molecule has 0 unspecified atom stereocenters. The molecule has 0 fully saturated rings. The Morgan fingerprint density at radius 1 is 1.21 bits per heavy atom. The zero-order valence-electron chi connectivity index (χ0n) is 15.2. The number of nitrogen functional groups attached to an aromatic ring is 1. The van der Waals surface area contributed by atoms with Crippen molar-refractivity contribution in [3.63, 3.8) is 0 Å². The number of anilines is 1. The first-order valence-corrected chi connectivity index (χ1v) is 9.29. The summed E-state index contributed by atoms with van der Waals surface area (Å²) in [4.78, 5) is 22.6. The Bertz CT molecular complexity index is 1030. The van der Waals surface area contributed by atoms with Crippen LogP contribution in [0.25, 0.3) is 11.4 Å². The van der Waals surface area contributed by atoms with Gasteiger partial charge in [-0.25, -0.2) is 4.68 Å². The first-order valence-electron chi connectivity index (χ1n) is 8.30. The van der Waals surface area contributed by atoms with E-state index in [0.717, 1.165) is 28.5 Å². The summed E-state index contributed by atoms with van der Waals surface area (Å²) in [5.41, 5.74) is 2.98. The van der Waals surface area contributed by atoms with Crippen LogP contribution in [0.15, 0.2) is 47.6 Å². The summed E-state index contributed by atoms with van der Waals surface area (Å²) in [5.74, 6) is 6.26. The van der Waals surface area contributed by atoms with E-state index in [4.69, 9.17) is 5.84 Å². The van der Waals surface area contributed by atoms with Gasteiger partial charge in [0.15, 0.2) is 5.82 Å². The van der Waals surface area contributed by atoms with Gasteiger partial charge >= 0.3 is 0 Å². The van der Waals surface area contributed by atoms with Crippen molar-refractivity contribution in [2.75, 3.05) is 16.9 Å². The lowest BCUT2D eigenvalue weighted by atomic mass is 10.1. The van der Waals surface area contributed by atoms with Crippen LogP contribution in [0.1, 0.15) is 11.1 Å². The average Bonchev–Trinajstić information content (AvgIpc) is 3.03. The highest BCUT2D eigenvalue weighted by Gasteiger charge is 2.15. The predicted octanol–water partition coefficient (Wildman–Crippen LogP) is 2.91. The second kappa shape index (κ2) is 8.09. The Kier molecular flexibility index (Phi) is 5.59. The van der Waals surface area contributed by atoms with E-state index in [-0.39, 0.29) is 17.3 Å². The minimum atomic E-state index is -0.507.